The van der Waals surface area contributed by atoms with E-state index in [2.05, 4.69) is 16.9 Å². The number of nitrogens with one attached hydrogen (secondary N) is 1. The second-order valence-electron chi connectivity index (χ2n) is 4.10. The summed E-state index contributed by atoms with van der Waals surface area (Å²) in [5, 5.41) is 0.610. The first-order valence-corrected chi connectivity index (χ1v) is 8.16. The number of nitrogens with zero attached hydrogens (tertiary/aromatic N) is 2. The lowest BCUT2D eigenvalue weighted by Gasteiger charge is -2.30. The van der Waals surface area contributed by atoms with E-state index in [-0.39, 0.29) is 5.03 Å². The van der Waals surface area contributed by atoms with Crippen LogP contribution in [-0.4, -0.2) is 46.8 Å². The molecule has 17 heavy (non-hydrogen) atoms. The van der Waals surface area contributed by atoms with Crippen LogP contribution in [0.3, 0.4) is 0 Å². The van der Waals surface area contributed by atoms with Gasteiger partial charge in [-0.2, -0.15) is 16.1 Å². The molecule has 2 rings (SSSR count). The second kappa shape index (κ2) is 4.99. The van der Waals surface area contributed by atoms with E-state index in [9.17, 15) is 8.42 Å². The maximum atomic E-state index is 12.3. The van der Waals surface area contributed by atoms with Crippen molar-refractivity contribution in [3.63, 3.8) is 0 Å². The van der Waals surface area contributed by atoms with Gasteiger partial charge < -0.3 is 4.98 Å². The molecule has 1 aliphatic heterocycles. The van der Waals surface area contributed by atoms with Crippen molar-refractivity contribution in [2.75, 3.05) is 18.8 Å². The summed E-state index contributed by atoms with van der Waals surface area (Å²) in [6.45, 7) is 5.02. The number of rotatable bonds is 3. The van der Waals surface area contributed by atoms with Gasteiger partial charge in [0.15, 0.2) is 5.03 Å². The van der Waals surface area contributed by atoms with E-state index in [0.29, 0.717) is 24.2 Å². The Kier molecular flexibility index (Phi) is 3.79. The van der Waals surface area contributed by atoms with E-state index in [1.54, 1.807) is 11.2 Å². The molecule has 0 bridgehead atoms. The average molecular weight is 275 g/mol. The number of hydrogen-bond acceptors (Lipinski definition) is 4. The van der Waals surface area contributed by atoms with Gasteiger partial charge in [-0.05, 0) is 13.3 Å². The molecule has 1 unspecified atom stereocenters. The lowest BCUT2D eigenvalue weighted by atomic mass is 10.3. The predicted molar refractivity (Wildman–Crippen MR) is 68.6 cm³/mol. The SMILES string of the molecule is CCC1CN(S(=O)(=O)c2cnc(C)[nH]2)CCS1. The molecule has 1 atom stereocenters. The molecule has 7 heteroatoms. The molecule has 1 fully saturated rings. The zero-order chi connectivity index (χ0) is 12.5. The van der Waals surface area contributed by atoms with Gasteiger partial charge in [-0.25, -0.2) is 13.4 Å². The van der Waals surface area contributed by atoms with Crippen LogP contribution in [0.5, 0.6) is 0 Å². The molecule has 0 radical (unpaired) electrons. The molecule has 1 aromatic heterocycles. The fraction of sp³-hybridized carbons (Fsp3) is 0.700. The zero-order valence-electron chi connectivity index (χ0n) is 10.0. The highest BCUT2D eigenvalue weighted by Gasteiger charge is 2.30. The number of imidazole rings is 1. The van der Waals surface area contributed by atoms with E-state index >= 15 is 0 Å². The largest absolute Gasteiger partial charge is 0.332 e. The highest BCUT2D eigenvalue weighted by molar-refractivity contribution is 8.00. The minimum atomic E-state index is -3.38. The Morgan fingerprint density at radius 1 is 1.65 bits per heavy atom. The van der Waals surface area contributed by atoms with E-state index in [1.807, 2.05) is 11.8 Å². The average Bonchev–Trinajstić information content (AvgIpc) is 2.76. The molecule has 2 heterocycles. The Labute approximate surface area is 106 Å². The van der Waals surface area contributed by atoms with Gasteiger partial charge in [0.1, 0.15) is 5.82 Å². The van der Waals surface area contributed by atoms with Crippen LogP contribution in [0.4, 0.5) is 0 Å². The predicted octanol–water partition coefficient (Wildman–Crippen LogP) is 1.23. The third kappa shape index (κ3) is 2.66. The topological polar surface area (TPSA) is 66.1 Å². The molecule has 1 saturated heterocycles. The summed E-state index contributed by atoms with van der Waals surface area (Å²) in [4.78, 5) is 6.75. The number of thioether (sulfide) groups is 1. The second-order valence-corrected chi connectivity index (χ2v) is 7.41. The molecule has 0 amide bonds. The smallest absolute Gasteiger partial charge is 0.260 e. The number of sulfonamides is 1. The Balaban J connectivity index is 2.21. The lowest BCUT2D eigenvalue weighted by Crippen LogP contribution is -2.41. The van der Waals surface area contributed by atoms with E-state index < -0.39 is 10.0 Å². The van der Waals surface area contributed by atoms with Crippen LogP contribution in [0.15, 0.2) is 11.2 Å². The van der Waals surface area contributed by atoms with Crippen LogP contribution in [0.2, 0.25) is 0 Å². The molecule has 96 valence electrons. The quantitative estimate of drug-likeness (QED) is 0.901. The molecule has 1 aliphatic rings. The highest BCUT2D eigenvalue weighted by Crippen LogP contribution is 2.25. The van der Waals surface area contributed by atoms with Gasteiger partial charge in [0.05, 0.1) is 6.20 Å². The van der Waals surface area contributed by atoms with Crippen molar-refractivity contribution in [1.82, 2.24) is 14.3 Å². The molecule has 1 aromatic rings. The maximum absolute atomic E-state index is 12.3. The fourth-order valence-electron chi connectivity index (χ4n) is 1.83. The van der Waals surface area contributed by atoms with E-state index in [1.165, 1.54) is 6.20 Å². The Morgan fingerprint density at radius 3 is 3.00 bits per heavy atom. The molecule has 1 N–H and O–H groups in total. The van der Waals surface area contributed by atoms with Crippen LogP contribution in [-0.2, 0) is 10.0 Å². The third-order valence-electron chi connectivity index (χ3n) is 2.85. The van der Waals surface area contributed by atoms with Crippen molar-refractivity contribution >= 4 is 21.8 Å². The van der Waals surface area contributed by atoms with Crippen LogP contribution in [0.1, 0.15) is 19.2 Å². The minimum Gasteiger partial charge on any atom is -0.332 e. The van der Waals surface area contributed by atoms with Crippen LogP contribution >= 0.6 is 11.8 Å². The molecular formula is C10H17N3O2S2. The standard InChI is InChI=1S/C10H17N3O2S2/c1-3-9-7-13(4-5-16-9)17(14,15)10-6-11-8(2)12-10/h6,9H,3-5,7H2,1-2H3,(H,11,12). The van der Waals surface area contributed by atoms with Gasteiger partial charge >= 0.3 is 0 Å². The summed E-state index contributed by atoms with van der Waals surface area (Å²) in [6, 6.07) is 0. The number of hydrogen-bond donors (Lipinski definition) is 1. The first-order valence-electron chi connectivity index (χ1n) is 5.67. The summed E-state index contributed by atoms with van der Waals surface area (Å²) in [5.41, 5.74) is 0. The van der Waals surface area contributed by atoms with Crippen molar-refractivity contribution in [2.24, 2.45) is 0 Å². The molecule has 0 saturated carbocycles. The van der Waals surface area contributed by atoms with Crippen LogP contribution < -0.4 is 0 Å². The van der Waals surface area contributed by atoms with Gasteiger partial charge in [0.2, 0.25) is 0 Å². The molecule has 5 nitrogen and oxygen atoms in total. The fourth-order valence-corrected chi connectivity index (χ4v) is 4.66. The van der Waals surface area contributed by atoms with E-state index in [4.69, 9.17) is 0 Å². The number of H-pyrrole nitrogens is 1. The monoisotopic (exact) mass is 275 g/mol. The molecule has 0 aliphatic carbocycles. The van der Waals surface area contributed by atoms with Crippen molar-refractivity contribution in [3.8, 4) is 0 Å². The molecular weight excluding hydrogens is 258 g/mol. The van der Waals surface area contributed by atoms with Gasteiger partial charge in [-0.1, -0.05) is 6.92 Å². The third-order valence-corrected chi connectivity index (χ3v) is 6.00. The van der Waals surface area contributed by atoms with Crippen molar-refractivity contribution in [3.05, 3.63) is 12.0 Å². The number of aryl methyl sites for hydroxylation is 1. The molecule has 0 spiro atoms. The summed E-state index contributed by atoms with van der Waals surface area (Å²) >= 11 is 1.85. The van der Waals surface area contributed by atoms with Gasteiger partial charge in [-0.3, -0.25) is 0 Å². The normalized spacial score (nSPS) is 22.8. The first kappa shape index (κ1) is 12.9. The highest BCUT2D eigenvalue weighted by atomic mass is 32.2. The summed E-state index contributed by atoms with van der Waals surface area (Å²) < 4.78 is 26.2. The molecule has 0 aromatic carbocycles. The summed E-state index contributed by atoms with van der Waals surface area (Å²) in [5.74, 6) is 1.49. The van der Waals surface area contributed by atoms with Gasteiger partial charge in [-0.15, -0.1) is 0 Å². The number of aromatic nitrogens is 2. The van der Waals surface area contributed by atoms with E-state index in [0.717, 1.165) is 12.2 Å². The van der Waals surface area contributed by atoms with Crippen LogP contribution in [0, 0.1) is 6.92 Å². The minimum absolute atomic E-state index is 0.205. The van der Waals surface area contributed by atoms with Crippen molar-refractivity contribution in [2.45, 2.75) is 30.5 Å². The lowest BCUT2D eigenvalue weighted by molar-refractivity contribution is 0.414. The summed E-state index contributed by atoms with van der Waals surface area (Å²) in [7, 11) is -3.38. The number of aromatic amines is 1. The van der Waals surface area contributed by atoms with Crippen LogP contribution in [0.25, 0.3) is 0 Å². The van der Waals surface area contributed by atoms with Gasteiger partial charge in [0.25, 0.3) is 10.0 Å². The Bertz CT molecular complexity index is 483. The van der Waals surface area contributed by atoms with Crippen molar-refractivity contribution in [1.29, 1.82) is 0 Å². The Morgan fingerprint density at radius 2 is 2.41 bits per heavy atom. The zero-order valence-corrected chi connectivity index (χ0v) is 11.6. The first-order chi connectivity index (χ1) is 8.04. The Hall–Kier alpha value is -0.530. The summed E-state index contributed by atoms with van der Waals surface area (Å²) in [6.07, 6.45) is 2.39. The van der Waals surface area contributed by atoms with Gasteiger partial charge in [0, 0.05) is 24.1 Å². The maximum Gasteiger partial charge on any atom is 0.260 e. The van der Waals surface area contributed by atoms with Crippen molar-refractivity contribution < 1.29 is 8.42 Å².